The lowest BCUT2D eigenvalue weighted by Crippen LogP contribution is -2.48. The van der Waals surface area contributed by atoms with E-state index in [1.807, 2.05) is 0 Å². The second-order valence-corrected chi connectivity index (χ2v) is 8.24. The number of alkyl halides is 1. The summed E-state index contributed by atoms with van der Waals surface area (Å²) in [6.45, 7) is 3.52. The van der Waals surface area contributed by atoms with Gasteiger partial charge >= 0.3 is 0 Å². The Bertz CT molecular complexity index is 309. The maximum absolute atomic E-state index is 12.0. The molecular weight excluding hydrogens is 278 g/mol. The zero-order chi connectivity index (χ0) is 12.7. The Hall–Kier alpha value is 0.550. The minimum Gasteiger partial charge on any atom is -0.286 e. The Morgan fingerprint density at radius 3 is 2.76 bits per heavy atom. The standard InChI is InChI=1S/C11H22ClNO2S2/c1-2-17(14,15)11-10-16-9-8-13(11)7-5-3-4-6-12/h11H,2-10H2,1H3. The lowest BCUT2D eigenvalue weighted by atomic mass is 10.2. The second kappa shape index (κ2) is 7.87. The highest BCUT2D eigenvalue weighted by molar-refractivity contribution is 8.01. The van der Waals surface area contributed by atoms with E-state index in [1.54, 1.807) is 18.7 Å². The van der Waals surface area contributed by atoms with Gasteiger partial charge in [0.15, 0.2) is 9.84 Å². The molecule has 102 valence electrons. The van der Waals surface area contributed by atoms with Gasteiger partial charge in [0, 0.05) is 29.7 Å². The van der Waals surface area contributed by atoms with E-state index in [0.29, 0.717) is 5.88 Å². The average Bonchev–Trinajstić information content (AvgIpc) is 2.35. The summed E-state index contributed by atoms with van der Waals surface area (Å²) < 4.78 is 24.0. The van der Waals surface area contributed by atoms with Crippen LogP contribution in [-0.4, -0.2) is 54.9 Å². The maximum Gasteiger partial charge on any atom is 0.166 e. The van der Waals surface area contributed by atoms with Crippen molar-refractivity contribution in [3.8, 4) is 0 Å². The Morgan fingerprint density at radius 2 is 2.12 bits per heavy atom. The number of hydrogen-bond donors (Lipinski definition) is 0. The van der Waals surface area contributed by atoms with Gasteiger partial charge in [0.1, 0.15) is 5.37 Å². The van der Waals surface area contributed by atoms with Gasteiger partial charge in [-0.15, -0.1) is 11.6 Å². The van der Waals surface area contributed by atoms with Gasteiger partial charge in [0.25, 0.3) is 0 Å². The van der Waals surface area contributed by atoms with E-state index >= 15 is 0 Å². The first-order valence-corrected chi connectivity index (χ1v) is 9.61. The van der Waals surface area contributed by atoms with Crippen molar-refractivity contribution in [3.63, 3.8) is 0 Å². The van der Waals surface area contributed by atoms with Gasteiger partial charge in [-0.05, 0) is 19.4 Å². The van der Waals surface area contributed by atoms with Gasteiger partial charge in [-0.25, -0.2) is 8.42 Å². The molecule has 6 heteroatoms. The summed E-state index contributed by atoms with van der Waals surface area (Å²) in [7, 11) is -2.93. The normalized spacial score (nSPS) is 22.8. The minimum atomic E-state index is -2.93. The molecule has 0 aromatic rings. The van der Waals surface area contributed by atoms with E-state index in [2.05, 4.69) is 4.90 Å². The highest BCUT2D eigenvalue weighted by atomic mass is 35.5. The lowest BCUT2D eigenvalue weighted by Gasteiger charge is -2.34. The van der Waals surface area contributed by atoms with E-state index < -0.39 is 9.84 Å². The maximum atomic E-state index is 12.0. The number of halogens is 1. The van der Waals surface area contributed by atoms with Crippen molar-refractivity contribution in [2.45, 2.75) is 31.6 Å². The quantitative estimate of drug-likeness (QED) is 0.533. The van der Waals surface area contributed by atoms with Crippen LogP contribution in [0.5, 0.6) is 0 Å². The van der Waals surface area contributed by atoms with Crippen LogP contribution in [0.3, 0.4) is 0 Å². The fraction of sp³-hybridized carbons (Fsp3) is 1.00. The number of hydrogen-bond acceptors (Lipinski definition) is 4. The molecule has 1 heterocycles. The molecule has 0 N–H and O–H groups in total. The average molecular weight is 300 g/mol. The predicted molar refractivity (Wildman–Crippen MR) is 76.7 cm³/mol. The third-order valence-corrected chi connectivity index (χ3v) is 6.69. The molecule has 0 saturated carbocycles. The van der Waals surface area contributed by atoms with Crippen LogP contribution in [0.15, 0.2) is 0 Å². The summed E-state index contributed by atoms with van der Waals surface area (Å²) in [5.41, 5.74) is 0. The van der Waals surface area contributed by atoms with Crippen LogP contribution in [0.2, 0.25) is 0 Å². The smallest absolute Gasteiger partial charge is 0.166 e. The second-order valence-electron chi connectivity index (χ2n) is 4.27. The first-order valence-electron chi connectivity index (χ1n) is 6.21. The van der Waals surface area contributed by atoms with Crippen LogP contribution in [0, 0.1) is 0 Å². The fourth-order valence-corrected chi connectivity index (χ4v) is 5.28. The number of rotatable bonds is 7. The summed E-state index contributed by atoms with van der Waals surface area (Å²) in [6, 6.07) is 0. The van der Waals surface area contributed by atoms with Gasteiger partial charge in [-0.2, -0.15) is 11.8 Å². The number of nitrogens with zero attached hydrogens (tertiary/aromatic N) is 1. The molecule has 0 radical (unpaired) electrons. The van der Waals surface area contributed by atoms with Gasteiger partial charge in [0.05, 0.1) is 0 Å². The lowest BCUT2D eigenvalue weighted by molar-refractivity contribution is 0.264. The first-order chi connectivity index (χ1) is 8.11. The van der Waals surface area contributed by atoms with Crippen LogP contribution < -0.4 is 0 Å². The molecular formula is C11H22ClNO2S2. The molecule has 1 aliphatic rings. The molecule has 1 unspecified atom stereocenters. The summed E-state index contributed by atoms with van der Waals surface area (Å²) in [5, 5.41) is -0.262. The number of thioether (sulfide) groups is 1. The van der Waals surface area contributed by atoms with Gasteiger partial charge in [0.2, 0.25) is 0 Å². The van der Waals surface area contributed by atoms with E-state index in [-0.39, 0.29) is 11.1 Å². The topological polar surface area (TPSA) is 37.4 Å². The monoisotopic (exact) mass is 299 g/mol. The summed E-state index contributed by atoms with van der Waals surface area (Å²) in [4.78, 5) is 2.14. The molecule has 1 aliphatic heterocycles. The third kappa shape index (κ3) is 4.97. The van der Waals surface area contributed by atoms with Crippen molar-refractivity contribution in [2.24, 2.45) is 0 Å². The number of sulfone groups is 1. The van der Waals surface area contributed by atoms with Gasteiger partial charge in [-0.3, -0.25) is 4.90 Å². The van der Waals surface area contributed by atoms with Crippen molar-refractivity contribution in [2.75, 3.05) is 36.2 Å². The molecule has 0 bridgehead atoms. The molecule has 1 atom stereocenters. The van der Waals surface area contributed by atoms with E-state index in [1.165, 1.54) is 0 Å². The SMILES string of the molecule is CCS(=O)(=O)C1CSCCN1CCCCCCl. The summed E-state index contributed by atoms with van der Waals surface area (Å²) in [6.07, 6.45) is 3.16. The van der Waals surface area contributed by atoms with E-state index in [4.69, 9.17) is 11.6 Å². The number of unbranched alkanes of at least 4 members (excludes halogenated alkanes) is 2. The Labute approximate surface area is 114 Å². The Balaban J connectivity index is 2.49. The van der Waals surface area contributed by atoms with Crippen molar-refractivity contribution >= 4 is 33.2 Å². The highest BCUT2D eigenvalue weighted by Gasteiger charge is 2.32. The molecule has 0 aliphatic carbocycles. The largest absolute Gasteiger partial charge is 0.286 e. The summed E-state index contributed by atoms with van der Waals surface area (Å²) >= 11 is 7.38. The summed E-state index contributed by atoms with van der Waals surface area (Å²) in [5.74, 6) is 2.72. The Kier molecular flexibility index (Phi) is 7.22. The Morgan fingerprint density at radius 1 is 1.35 bits per heavy atom. The van der Waals surface area contributed by atoms with Crippen molar-refractivity contribution in [1.82, 2.24) is 4.90 Å². The van der Waals surface area contributed by atoms with Crippen molar-refractivity contribution in [3.05, 3.63) is 0 Å². The molecule has 1 fully saturated rings. The van der Waals surface area contributed by atoms with E-state index in [0.717, 1.165) is 43.9 Å². The van der Waals surface area contributed by atoms with E-state index in [9.17, 15) is 8.42 Å². The molecule has 3 nitrogen and oxygen atoms in total. The molecule has 1 rings (SSSR count). The van der Waals surface area contributed by atoms with Crippen molar-refractivity contribution < 1.29 is 8.42 Å². The van der Waals surface area contributed by atoms with Crippen LogP contribution >= 0.6 is 23.4 Å². The molecule has 0 aromatic heterocycles. The molecule has 17 heavy (non-hydrogen) atoms. The molecule has 1 saturated heterocycles. The van der Waals surface area contributed by atoms with Crippen LogP contribution in [-0.2, 0) is 9.84 Å². The van der Waals surface area contributed by atoms with Crippen LogP contribution in [0.4, 0.5) is 0 Å². The van der Waals surface area contributed by atoms with Crippen LogP contribution in [0.25, 0.3) is 0 Å². The van der Waals surface area contributed by atoms with Gasteiger partial charge in [-0.1, -0.05) is 13.3 Å². The zero-order valence-electron chi connectivity index (χ0n) is 10.4. The first kappa shape index (κ1) is 15.6. The third-order valence-electron chi connectivity index (χ3n) is 3.09. The minimum absolute atomic E-state index is 0.246. The molecule has 0 amide bonds. The van der Waals surface area contributed by atoms with Gasteiger partial charge < -0.3 is 0 Å². The molecule has 0 aromatic carbocycles. The van der Waals surface area contributed by atoms with Crippen LogP contribution in [0.1, 0.15) is 26.2 Å². The fourth-order valence-electron chi connectivity index (χ4n) is 1.98. The van der Waals surface area contributed by atoms with Crippen molar-refractivity contribution in [1.29, 1.82) is 0 Å². The molecule has 0 spiro atoms. The zero-order valence-corrected chi connectivity index (χ0v) is 12.8. The highest BCUT2D eigenvalue weighted by Crippen LogP contribution is 2.21. The predicted octanol–water partition coefficient (Wildman–Crippen LogP) is 2.21.